The van der Waals surface area contributed by atoms with Gasteiger partial charge in [-0.2, -0.15) is 5.10 Å². The summed E-state index contributed by atoms with van der Waals surface area (Å²) >= 11 is 0. The van der Waals surface area contributed by atoms with Crippen molar-refractivity contribution < 1.29 is 4.79 Å². The van der Waals surface area contributed by atoms with E-state index in [1.165, 1.54) is 16.8 Å². The predicted molar refractivity (Wildman–Crippen MR) is 106 cm³/mol. The fraction of sp³-hybridized carbons (Fsp3) is 0.524. The standard InChI is InChI=1S/C21H30N4O/c1-4-25-16-19(15-22-25)18-10-12-24(13-11-18)21(26)9-8-17-6-5-7-20(14-17)23(2)3/h5-7,14-16,18H,4,8-13H2,1-3H3. The molecule has 3 rings (SSSR count). The number of amides is 1. The Bertz CT molecular complexity index is 729. The molecule has 2 aromatic rings. The van der Waals surface area contributed by atoms with Gasteiger partial charge < -0.3 is 9.80 Å². The van der Waals surface area contributed by atoms with Crippen LogP contribution in [0.15, 0.2) is 36.7 Å². The minimum atomic E-state index is 0.281. The van der Waals surface area contributed by atoms with E-state index in [2.05, 4.69) is 47.4 Å². The maximum absolute atomic E-state index is 12.6. The first kappa shape index (κ1) is 18.5. The molecule has 0 bridgehead atoms. The minimum absolute atomic E-state index is 0.281. The number of benzene rings is 1. The zero-order valence-corrected chi connectivity index (χ0v) is 16.2. The van der Waals surface area contributed by atoms with E-state index in [1.54, 1.807) is 0 Å². The summed E-state index contributed by atoms with van der Waals surface area (Å²) in [6, 6.07) is 8.44. The van der Waals surface area contributed by atoms with Crippen LogP contribution in [-0.4, -0.2) is 47.8 Å². The average molecular weight is 354 g/mol. The van der Waals surface area contributed by atoms with Gasteiger partial charge in [0.1, 0.15) is 0 Å². The number of likely N-dealkylation sites (tertiary alicyclic amines) is 1. The molecule has 0 N–H and O–H groups in total. The van der Waals surface area contributed by atoms with E-state index in [0.717, 1.165) is 38.9 Å². The summed E-state index contributed by atoms with van der Waals surface area (Å²) in [6.45, 7) is 4.73. The SMILES string of the molecule is CCn1cc(C2CCN(C(=O)CCc3cccc(N(C)C)c3)CC2)cn1. The molecule has 0 atom stereocenters. The van der Waals surface area contributed by atoms with E-state index in [-0.39, 0.29) is 5.91 Å². The summed E-state index contributed by atoms with van der Waals surface area (Å²) in [4.78, 5) is 16.7. The van der Waals surface area contributed by atoms with Crippen molar-refractivity contribution in [2.75, 3.05) is 32.1 Å². The van der Waals surface area contributed by atoms with Gasteiger partial charge in [0.2, 0.25) is 5.91 Å². The van der Waals surface area contributed by atoms with E-state index in [1.807, 2.05) is 29.9 Å². The van der Waals surface area contributed by atoms with Crippen molar-refractivity contribution in [1.82, 2.24) is 14.7 Å². The highest BCUT2D eigenvalue weighted by Crippen LogP contribution is 2.28. The smallest absolute Gasteiger partial charge is 0.222 e. The Morgan fingerprint density at radius 3 is 2.69 bits per heavy atom. The quantitative estimate of drug-likeness (QED) is 0.799. The van der Waals surface area contributed by atoms with E-state index >= 15 is 0 Å². The monoisotopic (exact) mass is 354 g/mol. The highest BCUT2D eigenvalue weighted by atomic mass is 16.2. The molecule has 1 aromatic heterocycles. The second-order valence-electron chi connectivity index (χ2n) is 7.35. The van der Waals surface area contributed by atoms with Gasteiger partial charge in [-0.1, -0.05) is 12.1 Å². The second kappa shape index (κ2) is 8.39. The van der Waals surface area contributed by atoms with Gasteiger partial charge in [0.05, 0.1) is 6.20 Å². The highest BCUT2D eigenvalue weighted by molar-refractivity contribution is 5.76. The summed E-state index contributed by atoms with van der Waals surface area (Å²) in [6.07, 6.45) is 7.62. The number of carbonyl (C=O) groups excluding carboxylic acids is 1. The Labute approximate surface area is 156 Å². The van der Waals surface area contributed by atoms with Crippen molar-refractivity contribution in [1.29, 1.82) is 0 Å². The summed E-state index contributed by atoms with van der Waals surface area (Å²) in [7, 11) is 4.08. The third kappa shape index (κ3) is 4.45. The van der Waals surface area contributed by atoms with Crippen LogP contribution < -0.4 is 4.90 Å². The van der Waals surface area contributed by atoms with Crippen molar-refractivity contribution in [2.24, 2.45) is 0 Å². The molecule has 1 saturated heterocycles. The Balaban J connectivity index is 1.48. The van der Waals surface area contributed by atoms with Crippen LogP contribution in [0.5, 0.6) is 0 Å². The molecule has 1 aliphatic heterocycles. The first-order valence-corrected chi connectivity index (χ1v) is 9.63. The van der Waals surface area contributed by atoms with Crippen molar-refractivity contribution in [3.8, 4) is 0 Å². The fourth-order valence-corrected chi connectivity index (χ4v) is 3.63. The molecule has 1 amide bonds. The lowest BCUT2D eigenvalue weighted by Gasteiger charge is -2.31. The minimum Gasteiger partial charge on any atom is -0.378 e. The number of aryl methyl sites for hydroxylation is 2. The summed E-state index contributed by atoms with van der Waals surface area (Å²) in [5.74, 6) is 0.819. The Morgan fingerprint density at radius 2 is 2.04 bits per heavy atom. The van der Waals surface area contributed by atoms with Gasteiger partial charge in [-0.15, -0.1) is 0 Å². The first-order valence-electron chi connectivity index (χ1n) is 9.63. The normalized spacial score (nSPS) is 15.3. The Kier molecular flexibility index (Phi) is 5.96. The lowest BCUT2D eigenvalue weighted by atomic mass is 9.91. The number of piperidine rings is 1. The molecule has 26 heavy (non-hydrogen) atoms. The lowest BCUT2D eigenvalue weighted by molar-refractivity contribution is -0.132. The molecule has 1 fully saturated rings. The predicted octanol–water partition coefficient (Wildman–Crippen LogP) is 3.31. The summed E-state index contributed by atoms with van der Waals surface area (Å²) < 4.78 is 1.98. The molecule has 5 nitrogen and oxygen atoms in total. The van der Waals surface area contributed by atoms with E-state index in [9.17, 15) is 4.79 Å². The molecule has 0 unspecified atom stereocenters. The largest absolute Gasteiger partial charge is 0.378 e. The van der Waals surface area contributed by atoms with E-state index in [0.29, 0.717) is 12.3 Å². The number of nitrogens with zero attached hydrogens (tertiary/aromatic N) is 4. The maximum atomic E-state index is 12.6. The molecule has 2 heterocycles. The van der Waals surface area contributed by atoms with Crippen molar-refractivity contribution in [3.05, 3.63) is 47.8 Å². The molecule has 1 aromatic carbocycles. The van der Waals surface area contributed by atoms with Crippen LogP contribution in [0.25, 0.3) is 0 Å². The maximum Gasteiger partial charge on any atom is 0.222 e. The fourth-order valence-electron chi connectivity index (χ4n) is 3.63. The van der Waals surface area contributed by atoms with E-state index < -0.39 is 0 Å². The van der Waals surface area contributed by atoms with Crippen molar-refractivity contribution in [2.45, 2.75) is 45.1 Å². The molecular weight excluding hydrogens is 324 g/mol. The zero-order chi connectivity index (χ0) is 18.5. The lowest BCUT2D eigenvalue weighted by Crippen LogP contribution is -2.38. The van der Waals surface area contributed by atoms with Gasteiger partial charge in [0, 0.05) is 52.0 Å². The third-order valence-corrected chi connectivity index (χ3v) is 5.35. The Hall–Kier alpha value is -2.30. The van der Waals surface area contributed by atoms with Gasteiger partial charge in [0.15, 0.2) is 0 Å². The van der Waals surface area contributed by atoms with Crippen LogP contribution in [-0.2, 0) is 17.8 Å². The van der Waals surface area contributed by atoms with Crippen molar-refractivity contribution >= 4 is 11.6 Å². The molecule has 140 valence electrons. The number of rotatable bonds is 6. The van der Waals surface area contributed by atoms with Crippen LogP contribution in [0.1, 0.15) is 43.2 Å². The molecule has 5 heteroatoms. The van der Waals surface area contributed by atoms with Gasteiger partial charge in [0.25, 0.3) is 0 Å². The van der Waals surface area contributed by atoms with Gasteiger partial charge in [-0.25, -0.2) is 0 Å². The molecule has 0 spiro atoms. The number of hydrogen-bond acceptors (Lipinski definition) is 3. The van der Waals surface area contributed by atoms with Gasteiger partial charge in [-0.3, -0.25) is 9.48 Å². The van der Waals surface area contributed by atoms with Crippen molar-refractivity contribution in [3.63, 3.8) is 0 Å². The van der Waals surface area contributed by atoms with E-state index in [4.69, 9.17) is 0 Å². The van der Waals surface area contributed by atoms with Crippen LogP contribution in [0, 0.1) is 0 Å². The number of hydrogen-bond donors (Lipinski definition) is 0. The van der Waals surface area contributed by atoms with Crippen LogP contribution in [0.4, 0.5) is 5.69 Å². The number of carbonyl (C=O) groups is 1. The van der Waals surface area contributed by atoms with Gasteiger partial charge >= 0.3 is 0 Å². The number of aromatic nitrogens is 2. The zero-order valence-electron chi connectivity index (χ0n) is 16.2. The number of anilines is 1. The van der Waals surface area contributed by atoms with Gasteiger partial charge in [-0.05, 0) is 55.4 Å². The second-order valence-corrected chi connectivity index (χ2v) is 7.35. The Morgan fingerprint density at radius 1 is 1.27 bits per heavy atom. The highest BCUT2D eigenvalue weighted by Gasteiger charge is 2.24. The first-order chi connectivity index (χ1) is 12.6. The molecule has 0 radical (unpaired) electrons. The van der Waals surface area contributed by atoms with Crippen LogP contribution in [0.3, 0.4) is 0 Å². The van der Waals surface area contributed by atoms with Crippen LogP contribution in [0.2, 0.25) is 0 Å². The average Bonchev–Trinajstić information content (AvgIpc) is 3.15. The molecular formula is C21H30N4O. The molecule has 0 aliphatic carbocycles. The topological polar surface area (TPSA) is 41.4 Å². The molecule has 0 saturated carbocycles. The third-order valence-electron chi connectivity index (χ3n) is 5.35. The summed E-state index contributed by atoms with van der Waals surface area (Å²) in [5, 5.41) is 4.38. The molecule has 1 aliphatic rings. The van der Waals surface area contributed by atoms with Crippen LogP contribution >= 0.6 is 0 Å². The summed E-state index contributed by atoms with van der Waals surface area (Å²) in [5.41, 5.74) is 3.73.